The van der Waals surface area contributed by atoms with Crippen molar-refractivity contribution < 1.29 is 9.53 Å². The second kappa shape index (κ2) is 3.18. The Balaban J connectivity index is 2.01. The third-order valence-corrected chi connectivity index (χ3v) is 3.13. The average molecular weight is 184 g/mol. The first kappa shape index (κ1) is 8.81. The second-order valence-corrected chi connectivity index (χ2v) is 4.14. The van der Waals surface area contributed by atoms with E-state index in [2.05, 4.69) is 17.6 Å². The highest BCUT2D eigenvalue weighted by Crippen LogP contribution is 2.28. The summed E-state index contributed by atoms with van der Waals surface area (Å²) in [4.78, 5) is 11.0. The van der Waals surface area contributed by atoms with Gasteiger partial charge in [0, 0.05) is 0 Å². The first-order valence-electron chi connectivity index (χ1n) is 4.86. The van der Waals surface area contributed by atoms with Crippen molar-refractivity contribution in [2.24, 2.45) is 5.92 Å². The molecule has 1 amide bonds. The van der Waals surface area contributed by atoms with Crippen LogP contribution in [0.1, 0.15) is 19.8 Å². The minimum atomic E-state index is -0.263. The van der Waals surface area contributed by atoms with E-state index in [-0.39, 0.29) is 11.6 Å². The van der Waals surface area contributed by atoms with Gasteiger partial charge < -0.3 is 15.4 Å². The molecular formula is C9H16N2O2. The van der Waals surface area contributed by atoms with Crippen molar-refractivity contribution in [1.29, 1.82) is 0 Å². The van der Waals surface area contributed by atoms with Gasteiger partial charge in [-0.2, -0.15) is 0 Å². The number of carbonyl (C=O) groups excluding carboxylic acids is 1. The van der Waals surface area contributed by atoms with E-state index < -0.39 is 0 Å². The molecule has 0 aromatic heterocycles. The Morgan fingerprint density at radius 1 is 1.46 bits per heavy atom. The lowest BCUT2D eigenvalue weighted by atomic mass is 9.80. The van der Waals surface area contributed by atoms with Crippen LogP contribution in [-0.4, -0.2) is 31.3 Å². The molecule has 4 nitrogen and oxygen atoms in total. The van der Waals surface area contributed by atoms with Gasteiger partial charge in [0.05, 0.1) is 5.54 Å². The number of cyclic esters (lactones) is 1. The molecule has 2 aliphatic heterocycles. The van der Waals surface area contributed by atoms with Gasteiger partial charge in [-0.1, -0.05) is 0 Å². The molecule has 0 spiro atoms. The SMILES string of the molecule is CC1(C2CCNCC2)COC(=O)N1. The molecule has 2 fully saturated rings. The Morgan fingerprint density at radius 2 is 2.15 bits per heavy atom. The molecule has 0 aromatic rings. The minimum Gasteiger partial charge on any atom is -0.447 e. The molecule has 0 radical (unpaired) electrons. The Kier molecular flexibility index (Phi) is 2.15. The van der Waals surface area contributed by atoms with Gasteiger partial charge in [0.15, 0.2) is 0 Å². The first-order chi connectivity index (χ1) is 6.21. The topological polar surface area (TPSA) is 50.4 Å². The highest BCUT2D eigenvalue weighted by molar-refractivity contribution is 5.70. The van der Waals surface area contributed by atoms with Crippen molar-refractivity contribution in [3.63, 3.8) is 0 Å². The van der Waals surface area contributed by atoms with Gasteiger partial charge in [-0.05, 0) is 38.8 Å². The third-order valence-electron chi connectivity index (χ3n) is 3.13. The predicted molar refractivity (Wildman–Crippen MR) is 48.5 cm³/mol. The summed E-state index contributed by atoms with van der Waals surface area (Å²) < 4.78 is 4.95. The molecule has 13 heavy (non-hydrogen) atoms. The fourth-order valence-electron chi connectivity index (χ4n) is 2.20. The molecule has 2 N–H and O–H groups in total. The standard InChI is InChI=1S/C9H16N2O2/c1-9(6-13-8(12)11-9)7-2-4-10-5-3-7/h7,10H,2-6H2,1H3,(H,11,12). The fraction of sp³-hybridized carbons (Fsp3) is 0.889. The van der Waals surface area contributed by atoms with Crippen LogP contribution in [0.2, 0.25) is 0 Å². The van der Waals surface area contributed by atoms with Gasteiger partial charge in [0.1, 0.15) is 6.61 Å². The molecule has 1 atom stereocenters. The summed E-state index contributed by atoms with van der Waals surface area (Å²) >= 11 is 0. The van der Waals surface area contributed by atoms with E-state index in [0.717, 1.165) is 25.9 Å². The summed E-state index contributed by atoms with van der Waals surface area (Å²) in [7, 11) is 0. The minimum absolute atomic E-state index is 0.126. The lowest BCUT2D eigenvalue weighted by molar-refractivity contribution is 0.155. The van der Waals surface area contributed by atoms with E-state index >= 15 is 0 Å². The Bertz CT molecular complexity index is 214. The van der Waals surface area contributed by atoms with E-state index in [1.807, 2.05) is 0 Å². The second-order valence-electron chi connectivity index (χ2n) is 4.14. The number of hydrogen-bond acceptors (Lipinski definition) is 3. The molecule has 0 saturated carbocycles. The normalized spacial score (nSPS) is 35.6. The molecule has 74 valence electrons. The summed E-state index contributed by atoms with van der Waals surface area (Å²) in [6.45, 7) is 4.71. The van der Waals surface area contributed by atoms with Crippen molar-refractivity contribution in [1.82, 2.24) is 10.6 Å². The van der Waals surface area contributed by atoms with E-state index in [4.69, 9.17) is 4.74 Å². The highest BCUT2D eigenvalue weighted by Gasteiger charge is 2.41. The van der Waals surface area contributed by atoms with Crippen LogP contribution in [0.5, 0.6) is 0 Å². The quantitative estimate of drug-likeness (QED) is 0.623. The lowest BCUT2D eigenvalue weighted by Gasteiger charge is -2.34. The number of hydrogen-bond donors (Lipinski definition) is 2. The Morgan fingerprint density at radius 3 is 2.69 bits per heavy atom. The predicted octanol–water partition coefficient (Wildman–Crippen LogP) is 0.485. The van der Waals surface area contributed by atoms with Crippen LogP contribution >= 0.6 is 0 Å². The summed E-state index contributed by atoms with van der Waals surface area (Å²) in [5, 5.41) is 6.22. The van der Waals surface area contributed by atoms with Crippen molar-refractivity contribution in [2.75, 3.05) is 19.7 Å². The van der Waals surface area contributed by atoms with Gasteiger partial charge in [-0.15, -0.1) is 0 Å². The molecule has 0 aromatic carbocycles. The van der Waals surface area contributed by atoms with Crippen molar-refractivity contribution >= 4 is 6.09 Å². The number of rotatable bonds is 1. The maximum absolute atomic E-state index is 11.0. The molecule has 0 aliphatic carbocycles. The van der Waals surface area contributed by atoms with E-state index in [9.17, 15) is 4.79 Å². The zero-order valence-corrected chi connectivity index (χ0v) is 7.93. The first-order valence-corrected chi connectivity index (χ1v) is 4.86. The summed E-state index contributed by atoms with van der Waals surface area (Å²) in [5.41, 5.74) is -0.126. The molecular weight excluding hydrogens is 168 g/mol. The Hall–Kier alpha value is -0.770. The van der Waals surface area contributed by atoms with Crippen molar-refractivity contribution in [2.45, 2.75) is 25.3 Å². The zero-order chi connectivity index (χ0) is 9.31. The maximum atomic E-state index is 11.0. The van der Waals surface area contributed by atoms with Crippen LogP contribution in [-0.2, 0) is 4.74 Å². The van der Waals surface area contributed by atoms with Crippen LogP contribution in [0.4, 0.5) is 4.79 Å². The average Bonchev–Trinajstić information content (AvgIpc) is 2.49. The van der Waals surface area contributed by atoms with E-state index in [1.165, 1.54) is 0 Å². The number of carbonyl (C=O) groups is 1. The van der Waals surface area contributed by atoms with Crippen LogP contribution in [0.15, 0.2) is 0 Å². The molecule has 2 aliphatic rings. The van der Waals surface area contributed by atoms with Crippen molar-refractivity contribution in [3.05, 3.63) is 0 Å². The zero-order valence-electron chi connectivity index (χ0n) is 7.93. The number of ether oxygens (including phenoxy) is 1. The van der Waals surface area contributed by atoms with Gasteiger partial charge >= 0.3 is 6.09 Å². The molecule has 4 heteroatoms. The van der Waals surface area contributed by atoms with Gasteiger partial charge in [0.2, 0.25) is 0 Å². The summed E-state index contributed by atoms with van der Waals surface area (Å²) in [5.74, 6) is 0.556. The Labute approximate surface area is 78.0 Å². The molecule has 1 unspecified atom stereocenters. The smallest absolute Gasteiger partial charge is 0.407 e. The highest BCUT2D eigenvalue weighted by atomic mass is 16.6. The number of piperidine rings is 1. The lowest BCUT2D eigenvalue weighted by Crippen LogP contribution is -2.50. The van der Waals surface area contributed by atoms with E-state index in [0.29, 0.717) is 12.5 Å². The van der Waals surface area contributed by atoms with Crippen LogP contribution < -0.4 is 10.6 Å². The molecule has 2 rings (SSSR count). The summed E-state index contributed by atoms with van der Waals surface area (Å²) in [6.07, 6.45) is 1.99. The third kappa shape index (κ3) is 1.63. The largest absolute Gasteiger partial charge is 0.447 e. The number of amides is 1. The molecule has 2 saturated heterocycles. The molecule has 2 heterocycles. The van der Waals surface area contributed by atoms with Crippen LogP contribution in [0.25, 0.3) is 0 Å². The maximum Gasteiger partial charge on any atom is 0.407 e. The molecule has 0 bridgehead atoms. The van der Waals surface area contributed by atoms with Gasteiger partial charge in [-0.25, -0.2) is 4.79 Å². The summed E-state index contributed by atoms with van der Waals surface area (Å²) in [6, 6.07) is 0. The van der Waals surface area contributed by atoms with Gasteiger partial charge in [-0.3, -0.25) is 0 Å². The number of nitrogens with one attached hydrogen (secondary N) is 2. The number of alkyl carbamates (subject to hydrolysis) is 1. The van der Waals surface area contributed by atoms with Crippen LogP contribution in [0.3, 0.4) is 0 Å². The monoisotopic (exact) mass is 184 g/mol. The fourth-order valence-corrected chi connectivity index (χ4v) is 2.20. The van der Waals surface area contributed by atoms with Crippen LogP contribution in [0, 0.1) is 5.92 Å². The van der Waals surface area contributed by atoms with E-state index in [1.54, 1.807) is 0 Å². The van der Waals surface area contributed by atoms with Crippen molar-refractivity contribution in [3.8, 4) is 0 Å². The van der Waals surface area contributed by atoms with Gasteiger partial charge in [0.25, 0.3) is 0 Å².